The van der Waals surface area contributed by atoms with E-state index in [4.69, 9.17) is 4.74 Å². The van der Waals surface area contributed by atoms with E-state index in [2.05, 4.69) is 4.98 Å². The number of nitrogens with zero attached hydrogens (tertiary/aromatic N) is 3. The first-order valence-corrected chi connectivity index (χ1v) is 9.74. The lowest BCUT2D eigenvalue weighted by Crippen LogP contribution is -2.31. The number of rotatable bonds is 8. The summed E-state index contributed by atoms with van der Waals surface area (Å²) in [5, 5.41) is 0. The van der Waals surface area contributed by atoms with Crippen LogP contribution in [-0.2, 0) is 21.4 Å². The normalized spacial score (nSPS) is 12.0. The fourth-order valence-electron chi connectivity index (χ4n) is 2.55. The Morgan fingerprint density at radius 1 is 1.30 bits per heavy atom. The van der Waals surface area contributed by atoms with Crippen molar-refractivity contribution in [2.45, 2.75) is 38.8 Å². The molecule has 0 saturated carbocycles. The van der Waals surface area contributed by atoms with Crippen LogP contribution in [0.2, 0.25) is 0 Å². The Bertz CT molecular complexity index is 909. The number of ether oxygens (including phenoxy) is 1. The van der Waals surface area contributed by atoms with Gasteiger partial charge < -0.3 is 4.74 Å². The maximum absolute atomic E-state index is 12.8. The van der Waals surface area contributed by atoms with Gasteiger partial charge in [-0.15, -0.1) is 0 Å². The van der Waals surface area contributed by atoms with Crippen LogP contribution in [0.5, 0.6) is 0 Å². The SMILES string of the molecule is CCN(CC)S(=O)(=O)c1cc(C(=O)OCc2nccn2C(F)F)ccc1C. The highest BCUT2D eigenvalue weighted by Gasteiger charge is 2.25. The summed E-state index contributed by atoms with van der Waals surface area (Å²) >= 11 is 0. The van der Waals surface area contributed by atoms with Crippen molar-refractivity contribution in [2.75, 3.05) is 13.1 Å². The molecule has 0 N–H and O–H groups in total. The molecule has 148 valence electrons. The summed E-state index contributed by atoms with van der Waals surface area (Å²) in [6.45, 7) is 2.41. The van der Waals surface area contributed by atoms with Gasteiger partial charge in [-0.05, 0) is 24.6 Å². The molecule has 0 unspecified atom stereocenters. The summed E-state index contributed by atoms with van der Waals surface area (Å²) in [7, 11) is -3.75. The number of halogens is 2. The lowest BCUT2D eigenvalue weighted by molar-refractivity contribution is 0.0376. The Labute approximate surface area is 156 Å². The molecule has 0 aliphatic heterocycles. The number of aromatic nitrogens is 2. The van der Waals surface area contributed by atoms with Gasteiger partial charge in [0.05, 0.1) is 10.5 Å². The molecule has 1 aromatic heterocycles. The number of benzene rings is 1. The maximum atomic E-state index is 12.8. The van der Waals surface area contributed by atoms with Crippen molar-refractivity contribution >= 4 is 16.0 Å². The van der Waals surface area contributed by atoms with Crippen LogP contribution in [-0.4, -0.2) is 41.3 Å². The van der Waals surface area contributed by atoms with Crippen LogP contribution in [0, 0.1) is 6.92 Å². The highest BCUT2D eigenvalue weighted by molar-refractivity contribution is 7.89. The second-order valence-electron chi connectivity index (χ2n) is 5.67. The topological polar surface area (TPSA) is 81.5 Å². The molecule has 0 aliphatic carbocycles. The predicted octanol–water partition coefficient (Wildman–Crippen LogP) is 2.97. The summed E-state index contributed by atoms with van der Waals surface area (Å²) in [6, 6.07) is 4.18. The van der Waals surface area contributed by atoms with Crippen molar-refractivity contribution in [1.82, 2.24) is 13.9 Å². The molecule has 0 atom stereocenters. The van der Waals surface area contributed by atoms with Crippen molar-refractivity contribution in [3.8, 4) is 0 Å². The van der Waals surface area contributed by atoms with Crippen molar-refractivity contribution < 1.29 is 26.7 Å². The Morgan fingerprint density at radius 2 is 1.96 bits per heavy atom. The second kappa shape index (κ2) is 8.57. The van der Waals surface area contributed by atoms with Crippen molar-refractivity contribution in [1.29, 1.82) is 0 Å². The predicted molar refractivity (Wildman–Crippen MR) is 93.9 cm³/mol. The van der Waals surface area contributed by atoms with Gasteiger partial charge in [0.15, 0.2) is 5.82 Å². The van der Waals surface area contributed by atoms with Crippen LogP contribution >= 0.6 is 0 Å². The number of sulfonamides is 1. The van der Waals surface area contributed by atoms with E-state index in [-0.39, 0.29) is 16.3 Å². The monoisotopic (exact) mass is 401 g/mol. The minimum Gasteiger partial charge on any atom is -0.454 e. The Morgan fingerprint density at radius 3 is 2.56 bits per heavy atom. The fraction of sp³-hybridized carbons (Fsp3) is 0.412. The van der Waals surface area contributed by atoms with Crippen molar-refractivity contribution in [3.63, 3.8) is 0 Å². The van der Waals surface area contributed by atoms with Gasteiger partial charge in [0.1, 0.15) is 6.61 Å². The zero-order valence-corrected chi connectivity index (χ0v) is 16.0. The lowest BCUT2D eigenvalue weighted by Gasteiger charge is -2.20. The zero-order valence-electron chi connectivity index (χ0n) is 15.2. The molecule has 0 radical (unpaired) electrons. The number of carbonyl (C=O) groups is 1. The van der Waals surface area contributed by atoms with Crippen LogP contribution in [0.25, 0.3) is 0 Å². The molecule has 2 aromatic rings. The van der Waals surface area contributed by atoms with E-state index < -0.39 is 29.1 Å². The number of alkyl halides is 2. The van der Waals surface area contributed by atoms with Gasteiger partial charge in [-0.2, -0.15) is 13.1 Å². The third-order valence-corrected chi connectivity index (χ3v) is 6.23. The van der Waals surface area contributed by atoms with Crippen molar-refractivity contribution in [2.24, 2.45) is 0 Å². The van der Waals surface area contributed by atoms with Crippen LogP contribution in [0.1, 0.15) is 42.1 Å². The number of hydrogen-bond donors (Lipinski definition) is 0. The van der Waals surface area contributed by atoms with Crippen molar-refractivity contribution in [3.05, 3.63) is 47.5 Å². The van der Waals surface area contributed by atoms with Gasteiger partial charge in [0.25, 0.3) is 0 Å². The minimum atomic E-state index is -3.75. The molecule has 0 bridgehead atoms. The van der Waals surface area contributed by atoms with Gasteiger partial charge >= 0.3 is 12.5 Å². The van der Waals surface area contributed by atoms with E-state index in [1.54, 1.807) is 20.8 Å². The van der Waals surface area contributed by atoms with Crippen LogP contribution in [0.4, 0.5) is 8.78 Å². The van der Waals surface area contributed by atoms with E-state index in [9.17, 15) is 22.0 Å². The maximum Gasteiger partial charge on any atom is 0.338 e. The average molecular weight is 401 g/mol. The summed E-state index contributed by atoms with van der Waals surface area (Å²) in [4.78, 5) is 16.0. The standard InChI is InChI=1S/C17H21F2N3O4S/c1-4-21(5-2)27(24,25)14-10-13(7-6-12(14)3)16(23)26-11-15-20-8-9-22(15)17(18)19/h6-10,17H,4-5,11H2,1-3H3. The minimum absolute atomic E-state index is 0.00901. The third-order valence-electron chi connectivity index (χ3n) is 4.04. The smallest absolute Gasteiger partial charge is 0.338 e. The molecule has 0 fully saturated rings. The molecule has 0 amide bonds. The molecule has 2 rings (SSSR count). The third kappa shape index (κ3) is 4.51. The summed E-state index contributed by atoms with van der Waals surface area (Å²) in [5.41, 5.74) is 0.508. The molecular weight excluding hydrogens is 380 g/mol. The number of hydrogen-bond acceptors (Lipinski definition) is 5. The Kier molecular flexibility index (Phi) is 6.66. The molecule has 10 heteroatoms. The molecular formula is C17H21F2N3O4S. The molecule has 1 heterocycles. The number of imidazole rings is 1. The van der Waals surface area contributed by atoms with Gasteiger partial charge in [0.2, 0.25) is 10.0 Å². The molecule has 0 aliphatic rings. The van der Waals surface area contributed by atoms with Gasteiger partial charge in [0, 0.05) is 25.5 Å². The molecule has 27 heavy (non-hydrogen) atoms. The quantitative estimate of drug-likeness (QED) is 0.635. The number of carbonyl (C=O) groups excluding carboxylic acids is 1. The average Bonchev–Trinajstić information content (AvgIpc) is 3.09. The summed E-state index contributed by atoms with van der Waals surface area (Å²) < 4.78 is 57.9. The van der Waals surface area contributed by atoms with E-state index in [0.29, 0.717) is 23.2 Å². The highest BCUT2D eigenvalue weighted by atomic mass is 32.2. The fourth-order valence-corrected chi connectivity index (χ4v) is 4.26. The molecule has 7 nitrogen and oxygen atoms in total. The molecule has 0 saturated heterocycles. The summed E-state index contributed by atoms with van der Waals surface area (Å²) in [5.74, 6) is -0.934. The first-order chi connectivity index (χ1) is 12.7. The van der Waals surface area contributed by atoms with Crippen LogP contribution in [0.15, 0.2) is 35.5 Å². The number of aryl methyl sites for hydroxylation is 1. The van der Waals surface area contributed by atoms with E-state index in [1.165, 1.54) is 28.7 Å². The molecule has 0 spiro atoms. The first kappa shape index (κ1) is 21.0. The molecule has 1 aromatic carbocycles. The van der Waals surface area contributed by atoms with E-state index in [0.717, 1.165) is 6.20 Å². The highest BCUT2D eigenvalue weighted by Crippen LogP contribution is 2.22. The first-order valence-electron chi connectivity index (χ1n) is 8.30. The second-order valence-corrected chi connectivity index (χ2v) is 7.58. The Hall–Kier alpha value is -2.33. The van der Waals surface area contributed by atoms with Gasteiger partial charge in [-0.3, -0.25) is 4.57 Å². The largest absolute Gasteiger partial charge is 0.454 e. The van der Waals surface area contributed by atoms with Crippen LogP contribution < -0.4 is 0 Å². The van der Waals surface area contributed by atoms with Gasteiger partial charge in [-0.1, -0.05) is 19.9 Å². The summed E-state index contributed by atoms with van der Waals surface area (Å²) in [6.07, 6.45) is 2.25. The lowest BCUT2D eigenvalue weighted by atomic mass is 10.1. The zero-order chi connectivity index (χ0) is 20.2. The Balaban J connectivity index is 2.24. The number of esters is 1. The van der Waals surface area contributed by atoms with E-state index >= 15 is 0 Å². The van der Waals surface area contributed by atoms with Gasteiger partial charge in [-0.25, -0.2) is 18.2 Å². The van der Waals surface area contributed by atoms with E-state index in [1.807, 2.05) is 0 Å². The van der Waals surface area contributed by atoms with Crippen LogP contribution in [0.3, 0.4) is 0 Å².